The molecule has 0 atom stereocenters. The average molecular weight is 290 g/mol. The van der Waals surface area contributed by atoms with Crippen LogP contribution in [0.2, 0.25) is 0 Å². The van der Waals surface area contributed by atoms with Crippen LogP contribution in [0.5, 0.6) is 5.75 Å². The number of hydrogen-bond donors (Lipinski definition) is 1. The lowest BCUT2D eigenvalue weighted by Crippen LogP contribution is -2.04. The second-order valence-corrected chi connectivity index (χ2v) is 4.43. The van der Waals surface area contributed by atoms with Crippen molar-refractivity contribution in [2.24, 2.45) is 0 Å². The van der Waals surface area contributed by atoms with Gasteiger partial charge in [0.15, 0.2) is 0 Å². The van der Waals surface area contributed by atoms with E-state index >= 15 is 0 Å². The van der Waals surface area contributed by atoms with Crippen molar-refractivity contribution >= 4 is 5.97 Å². The third-order valence-electron chi connectivity index (χ3n) is 2.87. The van der Waals surface area contributed by atoms with Crippen molar-refractivity contribution in [3.63, 3.8) is 0 Å². The number of aliphatic hydroxyl groups excluding tert-OH is 1. The minimum absolute atomic E-state index is 0.0797. The Labute approximate surface area is 121 Å². The summed E-state index contributed by atoms with van der Waals surface area (Å²) in [6.07, 6.45) is 0. The first-order chi connectivity index (χ1) is 10.1. The third-order valence-corrected chi connectivity index (χ3v) is 2.87. The molecule has 0 amide bonds. The normalized spacial score (nSPS) is 10.2. The molecular weight excluding hydrogens is 275 g/mol. The quantitative estimate of drug-likeness (QED) is 0.860. The Hall–Kier alpha value is -2.40. The van der Waals surface area contributed by atoms with Crippen molar-refractivity contribution in [1.29, 1.82) is 0 Å². The first-order valence-electron chi connectivity index (χ1n) is 6.33. The van der Waals surface area contributed by atoms with E-state index in [1.165, 1.54) is 19.2 Å². The SMILES string of the molecule is COC(=O)c1cc(F)cc(COc2cccc(CO)c2)c1. The third kappa shape index (κ3) is 4.03. The van der Waals surface area contributed by atoms with E-state index in [4.69, 9.17) is 9.84 Å². The molecule has 0 fully saturated rings. The van der Waals surface area contributed by atoms with Crippen LogP contribution in [0.3, 0.4) is 0 Å². The molecule has 0 heterocycles. The Morgan fingerprint density at radius 2 is 2.00 bits per heavy atom. The van der Waals surface area contributed by atoms with E-state index in [9.17, 15) is 9.18 Å². The molecule has 2 rings (SSSR count). The van der Waals surface area contributed by atoms with E-state index in [2.05, 4.69) is 4.74 Å². The Morgan fingerprint density at radius 1 is 1.19 bits per heavy atom. The van der Waals surface area contributed by atoms with Crippen LogP contribution in [-0.2, 0) is 18.0 Å². The van der Waals surface area contributed by atoms with Gasteiger partial charge in [0.05, 0.1) is 19.3 Å². The van der Waals surface area contributed by atoms with Gasteiger partial charge in [0.2, 0.25) is 0 Å². The molecule has 0 aliphatic carbocycles. The van der Waals surface area contributed by atoms with E-state index in [-0.39, 0.29) is 18.8 Å². The summed E-state index contributed by atoms with van der Waals surface area (Å²) in [5.41, 5.74) is 1.38. The van der Waals surface area contributed by atoms with E-state index in [1.54, 1.807) is 24.3 Å². The maximum Gasteiger partial charge on any atom is 0.337 e. The highest BCUT2D eigenvalue weighted by Gasteiger charge is 2.09. The van der Waals surface area contributed by atoms with Gasteiger partial charge in [-0.25, -0.2) is 9.18 Å². The molecule has 0 bridgehead atoms. The lowest BCUT2D eigenvalue weighted by atomic mass is 10.1. The van der Waals surface area contributed by atoms with Crippen LogP contribution in [0.25, 0.3) is 0 Å². The van der Waals surface area contributed by atoms with Gasteiger partial charge >= 0.3 is 5.97 Å². The Bertz CT molecular complexity index is 640. The van der Waals surface area contributed by atoms with Crippen molar-refractivity contribution in [1.82, 2.24) is 0 Å². The summed E-state index contributed by atoms with van der Waals surface area (Å²) < 4.78 is 23.6. The molecule has 0 aromatic heterocycles. The smallest absolute Gasteiger partial charge is 0.337 e. The van der Waals surface area contributed by atoms with Crippen LogP contribution >= 0.6 is 0 Å². The molecular formula is C16H15FO4. The molecule has 1 N–H and O–H groups in total. The zero-order valence-corrected chi connectivity index (χ0v) is 11.5. The van der Waals surface area contributed by atoms with Crippen molar-refractivity contribution in [3.05, 3.63) is 65.0 Å². The van der Waals surface area contributed by atoms with Gasteiger partial charge in [-0.05, 0) is 41.5 Å². The van der Waals surface area contributed by atoms with Crippen LogP contribution in [-0.4, -0.2) is 18.2 Å². The second-order valence-electron chi connectivity index (χ2n) is 4.43. The van der Waals surface area contributed by atoms with Gasteiger partial charge in [-0.2, -0.15) is 0 Å². The van der Waals surface area contributed by atoms with E-state index in [0.717, 1.165) is 11.6 Å². The predicted molar refractivity (Wildman–Crippen MR) is 74.4 cm³/mol. The van der Waals surface area contributed by atoms with Gasteiger partial charge in [-0.1, -0.05) is 12.1 Å². The van der Waals surface area contributed by atoms with Crippen LogP contribution in [0, 0.1) is 5.82 Å². The second kappa shape index (κ2) is 6.85. The topological polar surface area (TPSA) is 55.8 Å². The van der Waals surface area contributed by atoms with Gasteiger partial charge in [0.25, 0.3) is 0 Å². The zero-order chi connectivity index (χ0) is 15.2. The van der Waals surface area contributed by atoms with E-state index in [0.29, 0.717) is 11.3 Å². The van der Waals surface area contributed by atoms with Gasteiger partial charge < -0.3 is 14.6 Å². The molecule has 0 saturated heterocycles. The molecule has 21 heavy (non-hydrogen) atoms. The lowest BCUT2D eigenvalue weighted by molar-refractivity contribution is 0.0600. The van der Waals surface area contributed by atoms with Gasteiger partial charge in [0, 0.05) is 0 Å². The summed E-state index contributed by atoms with van der Waals surface area (Å²) in [7, 11) is 1.24. The number of methoxy groups -OCH3 is 1. The molecule has 0 aliphatic rings. The minimum Gasteiger partial charge on any atom is -0.489 e. The summed E-state index contributed by atoms with van der Waals surface area (Å²) in [6.45, 7) is 0.0281. The van der Waals surface area contributed by atoms with Crippen molar-refractivity contribution in [3.8, 4) is 5.75 Å². The minimum atomic E-state index is -0.599. The van der Waals surface area contributed by atoms with E-state index in [1.807, 2.05) is 0 Å². The number of carbonyl (C=O) groups is 1. The number of carbonyl (C=O) groups excluding carboxylic acids is 1. The monoisotopic (exact) mass is 290 g/mol. The van der Waals surface area contributed by atoms with Crippen molar-refractivity contribution in [2.75, 3.05) is 7.11 Å². The number of rotatable bonds is 5. The molecule has 0 saturated carbocycles. The number of hydrogen-bond acceptors (Lipinski definition) is 4. The number of halogens is 1. The predicted octanol–water partition coefficient (Wildman–Crippen LogP) is 2.68. The fraction of sp³-hybridized carbons (Fsp3) is 0.188. The van der Waals surface area contributed by atoms with Crippen LogP contribution in [0.15, 0.2) is 42.5 Å². The maximum absolute atomic E-state index is 13.5. The summed E-state index contributed by atoms with van der Waals surface area (Å²) >= 11 is 0. The van der Waals surface area contributed by atoms with Gasteiger partial charge in [-0.15, -0.1) is 0 Å². The molecule has 0 unspecified atom stereocenters. The number of benzene rings is 2. The largest absolute Gasteiger partial charge is 0.489 e. The summed E-state index contributed by atoms with van der Waals surface area (Å²) in [6, 6.07) is 10.9. The molecule has 0 aliphatic heterocycles. The van der Waals surface area contributed by atoms with Gasteiger partial charge in [-0.3, -0.25) is 0 Å². The Kier molecular flexibility index (Phi) is 4.90. The Balaban J connectivity index is 2.12. The standard InChI is InChI=1S/C16H15FO4/c1-20-16(19)13-5-12(6-14(17)8-13)10-21-15-4-2-3-11(7-15)9-18/h2-8,18H,9-10H2,1H3. The van der Waals surface area contributed by atoms with Crippen LogP contribution < -0.4 is 4.74 Å². The number of ether oxygens (including phenoxy) is 2. The first kappa shape index (κ1) is 15.0. The highest BCUT2D eigenvalue weighted by atomic mass is 19.1. The maximum atomic E-state index is 13.5. The summed E-state index contributed by atoms with van der Waals surface area (Å²) in [5, 5.41) is 9.05. The highest BCUT2D eigenvalue weighted by molar-refractivity contribution is 5.89. The fourth-order valence-corrected chi connectivity index (χ4v) is 1.87. The zero-order valence-electron chi connectivity index (χ0n) is 11.5. The fourth-order valence-electron chi connectivity index (χ4n) is 1.87. The number of esters is 1. The first-order valence-corrected chi connectivity index (χ1v) is 6.33. The van der Waals surface area contributed by atoms with Gasteiger partial charge in [0.1, 0.15) is 18.2 Å². The van der Waals surface area contributed by atoms with Crippen LogP contribution in [0.1, 0.15) is 21.5 Å². The number of aliphatic hydroxyl groups is 1. The average Bonchev–Trinajstić information content (AvgIpc) is 2.51. The molecule has 0 radical (unpaired) electrons. The summed E-state index contributed by atoms with van der Waals surface area (Å²) in [4.78, 5) is 11.4. The highest BCUT2D eigenvalue weighted by Crippen LogP contribution is 2.17. The molecule has 5 heteroatoms. The van der Waals surface area contributed by atoms with Crippen molar-refractivity contribution < 1.29 is 23.8 Å². The summed E-state index contributed by atoms with van der Waals surface area (Å²) in [5.74, 6) is -0.566. The molecule has 0 spiro atoms. The van der Waals surface area contributed by atoms with Crippen molar-refractivity contribution in [2.45, 2.75) is 13.2 Å². The molecule has 2 aromatic carbocycles. The lowest BCUT2D eigenvalue weighted by Gasteiger charge is -2.09. The molecule has 2 aromatic rings. The van der Waals surface area contributed by atoms with Crippen LogP contribution in [0.4, 0.5) is 4.39 Å². The van der Waals surface area contributed by atoms with E-state index < -0.39 is 11.8 Å². The Morgan fingerprint density at radius 3 is 2.71 bits per heavy atom. The molecule has 110 valence electrons. The molecule has 4 nitrogen and oxygen atoms in total.